The molecule has 0 bridgehead atoms. The van der Waals surface area contributed by atoms with Gasteiger partial charge in [0, 0.05) is 11.7 Å². The molecule has 3 nitrogen and oxygen atoms in total. The minimum Gasteiger partial charge on any atom is -0.481 e. The van der Waals surface area contributed by atoms with Crippen LogP contribution in [0.25, 0.3) is 0 Å². The number of aliphatic carboxylic acids is 1. The average Bonchev–Trinajstić information content (AvgIpc) is 2.17. The highest BCUT2D eigenvalue weighted by atomic mass is 16.4. The molecule has 0 spiro atoms. The summed E-state index contributed by atoms with van der Waals surface area (Å²) in [7, 11) is 0. The summed E-state index contributed by atoms with van der Waals surface area (Å²) in [5.41, 5.74) is 0.973. The quantitative estimate of drug-likeness (QED) is 0.754. The van der Waals surface area contributed by atoms with E-state index in [9.17, 15) is 4.79 Å². The Morgan fingerprint density at radius 2 is 2.07 bits per heavy atom. The van der Waals surface area contributed by atoms with Crippen LogP contribution in [0.15, 0.2) is 30.3 Å². The zero-order valence-electron chi connectivity index (χ0n) is 8.23. The minimum atomic E-state index is -0.764. The highest BCUT2D eigenvalue weighted by Gasteiger charge is 2.09. The Balaban J connectivity index is 2.53. The first-order valence-corrected chi connectivity index (χ1v) is 4.75. The molecule has 0 aliphatic carbocycles. The lowest BCUT2D eigenvalue weighted by Gasteiger charge is -2.15. The number of benzene rings is 1. The smallest absolute Gasteiger partial charge is 0.305 e. The Morgan fingerprint density at radius 1 is 1.43 bits per heavy atom. The molecule has 0 aromatic heterocycles. The molecule has 1 atom stereocenters. The summed E-state index contributed by atoms with van der Waals surface area (Å²) in [6.07, 6.45) is 0.965. The molecule has 0 saturated carbocycles. The third-order valence-electron chi connectivity index (χ3n) is 2.06. The van der Waals surface area contributed by atoms with Gasteiger partial charge in [0.15, 0.2) is 0 Å². The summed E-state index contributed by atoms with van der Waals surface area (Å²) in [6.45, 7) is 1.98. The summed E-state index contributed by atoms with van der Waals surface area (Å²) in [6, 6.07) is 9.67. The van der Waals surface area contributed by atoms with Gasteiger partial charge in [-0.1, -0.05) is 25.1 Å². The maximum absolute atomic E-state index is 10.5. The minimum absolute atomic E-state index is 0.00917. The van der Waals surface area contributed by atoms with Crippen LogP contribution >= 0.6 is 0 Å². The molecular weight excluding hydrogens is 178 g/mol. The first kappa shape index (κ1) is 10.6. The summed E-state index contributed by atoms with van der Waals surface area (Å²) in [5.74, 6) is -0.764. The van der Waals surface area contributed by atoms with Gasteiger partial charge in [-0.25, -0.2) is 0 Å². The Kier molecular flexibility index (Phi) is 3.98. The fourth-order valence-corrected chi connectivity index (χ4v) is 1.28. The summed E-state index contributed by atoms with van der Waals surface area (Å²) in [5, 5.41) is 11.8. The van der Waals surface area contributed by atoms with Crippen molar-refractivity contribution in [2.75, 3.05) is 5.32 Å². The fourth-order valence-electron chi connectivity index (χ4n) is 1.28. The molecular formula is C11H15NO2. The monoisotopic (exact) mass is 193 g/mol. The van der Waals surface area contributed by atoms with E-state index >= 15 is 0 Å². The SMILES string of the molecule is CC[C@H](CC(=O)O)Nc1ccccc1. The summed E-state index contributed by atoms with van der Waals surface area (Å²) < 4.78 is 0. The van der Waals surface area contributed by atoms with Gasteiger partial charge in [-0.2, -0.15) is 0 Å². The topological polar surface area (TPSA) is 49.3 Å². The van der Waals surface area contributed by atoms with Crippen LogP contribution < -0.4 is 5.32 Å². The molecule has 76 valence electrons. The second kappa shape index (κ2) is 5.27. The van der Waals surface area contributed by atoms with Crippen molar-refractivity contribution in [1.82, 2.24) is 0 Å². The molecule has 0 radical (unpaired) electrons. The van der Waals surface area contributed by atoms with Crippen molar-refractivity contribution in [2.24, 2.45) is 0 Å². The number of hydrogen-bond donors (Lipinski definition) is 2. The van der Waals surface area contributed by atoms with Crippen LogP contribution in [0.1, 0.15) is 19.8 Å². The standard InChI is InChI=1S/C11H15NO2/c1-2-9(8-11(13)14)12-10-6-4-3-5-7-10/h3-7,9,12H,2,8H2,1H3,(H,13,14)/t9-/m1/s1. The van der Waals surface area contributed by atoms with Gasteiger partial charge in [-0.3, -0.25) is 4.79 Å². The molecule has 0 fully saturated rings. The number of carbonyl (C=O) groups is 1. The van der Waals surface area contributed by atoms with Crippen molar-refractivity contribution in [3.63, 3.8) is 0 Å². The van der Waals surface area contributed by atoms with E-state index < -0.39 is 5.97 Å². The normalized spacial score (nSPS) is 12.1. The second-order valence-corrected chi connectivity index (χ2v) is 3.21. The van der Waals surface area contributed by atoms with Gasteiger partial charge in [-0.15, -0.1) is 0 Å². The molecule has 1 aromatic rings. The zero-order chi connectivity index (χ0) is 10.4. The lowest BCUT2D eigenvalue weighted by molar-refractivity contribution is -0.137. The Morgan fingerprint density at radius 3 is 2.57 bits per heavy atom. The van der Waals surface area contributed by atoms with E-state index in [0.29, 0.717) is 0 Å². The molecule has 0 unspecified atom stereocenters. The molecule has 1 aromatic carbocycles. The maximum Gasteiger partial charge on any atom is 0.305 e. The number of carboxylic acid groups (broad SMARTS) is 1. The third kappa shape index (κ3) is 3.47. The van der Waals surface area contributed by atoms with Gasteiger partial charge in [0.2, 0.25) is 0 Å². The molecule has 0 heterocycles. The van der Waals surface area contributed by atoms with Gasteiger partial charge in [0.1, 0.15) is 0 Å². The van der Waals surface area contributed by atoms with Gasteiger partial charge < -0.3 is 10.4 Å². The fraction of sp³-hybridized carbons (Fsp3) is 0.364. The molecule has 0 aliphatic heterocycles. The van der Waals surface area contributed by atoms with Crippen LogP contribution in [-0.4, -0.2) is 17.1 Å². The third-order valence-corrected chi connectivity index (χ3v) is 2.06. The first-order valence-electron chi connectivity index (χ1n) is 4.75. The Bertz CT molecular complexity index is 285. The predicted octanol–water partition coefficient (Wildman–Crippen LogP) is 2.35. The molecule has 3 heteroatoms. The summed E-state index contributed by atoms with van der Waals surface area (Å²) in [4.78, 5) is 10.5. The molecule has 14 heavy (non-hydrogen) atoms. The van der Waals surface area contributed by atoms with Gasteiger partial charge in [0.25, 0.3) is 0 Å². The van der Waals surface area contributed by atoms with Crippen LogP contribution in [0.5, 0.6) is 0 Å². The van der Waals surface area contributed by atoms with Crippen LogP contribution in [-0.2, 0) is 4.79 Å². The summed E-state index contributed by atoms with van der Waals surface area (Å²) >= 11 is 0. The van der Waals surface area contributed by atoms with Gasteiger partial charge in [0.05, 0.1) is 6.42 Å². The van der Waals surface area contributed by atoms with Gasteiger partial charge in [-0.05, 0) is 18.6 Å². The van der Waals surface area contributed by atoms with E-state index in [-0.39, 0.29) is 12.5 Å². The number of rotatable bonds is 5. The number of anilines is 1. The maximum atomic E-state index is 10.5. The van der Waals surface area contributed by atoms with E-state index in [1.807, 2.05) is 37.3 Å². The van der Waals surface area contributed by atoms with Crippen molar-refractivity contribution in [1.29, 1.82) is 0 Å². The van der Waals surface area contributed by atoms with Crippen molar-refractivity contribution in [3.05, 3.63) is 30.3 Å². The predicted molar refractivity (Wildman–Crippen MR) is 56.4 cm³/mol. The Labute approximate surface area is 83.8 Å². The highest BCUT2D eigenvalue weighted by molar-refractivity contribution is 5.68. The van der Waals surface area contributed by atoms with Crippen molar-refractivity contribution in [3.8, 4) is 0 Å². The first-order chi connectivity index (χ1) is 6.72. The number of carboxylic acids is 1. The lowest BCUT2D eigenvalue weighted by Crippen LogP contribution is -2.22. The van der Waals surface area contributed by atoms with Crippen molar-refractivity contribution < 1.29 is 9.90 Å². The van der Waals surface area contributed by atoms with Gasteiger partial charge >= 0.3 is 5.97 Å². The Hall–Kier alpha value is -1.51. The van der Waals surface area contributed by atoms with Crippen molar-refractivity contribution >= 4 is 11.7 Å². The van der Waals surface area contributed by atoms with E-state index in [4.69, 9.17) is 5.11 Å². The van der Waals surface area contributed by atoms with E-state index in [1.165, 1.54) is 0 Å². The average molecular weight is 193 g/mol. The molecule has 0 amide bonds. The largest absolute Gasteiger partial charge is 0.481 e. The number of hydrogen-bond acceptors (Lipinski definition) is 2. The lowest BCUT2D eigenvalue weighted by atomic mass is 10.1. The number of para-hydroxylation sites is 1. The van der Waals surface area contributed by atoms with Crippen LogP contribution in [0.3, 0.4) is 0 Å². The van der Waals surface area contributed by atoms with Crippen LogP contribution in [0.2, 0.25) is 0 Å². The van der Waals surface area contributed by atoms with E-state index in [2.05, 4.69) is 5.32 Å². The van der Waals surface area contributed by atoms with Crippen LogP contribution in [0, 0.1) is 0 Å². The molecule has 0 saturated heterocycles. The zero-order valence-corrected chi connectivity index (χ0v) is 8.23. The van der Waals surface area contributed by atoms with Crippen LogP contribution in [0.4, 0.5) is 5.69 Å². The molecule has 2 N–H and O–H groups in total. The van der Waals surface area contributed by atoms with E-state index in [0.717, 1.165) is 12.1 Å². The second-order valence-electron chi connectivity index (χ2n) is 3.21. The van der Waals surface area contributed by atoms with E-state index in [1.54, 1.807) is 0 Å². The molecule has 1 rings (SSSR count). The van der Waals surface area contributed by atoms with Crippen molar-refractivity contribution in [2.45, 2.75) is 25.8 Å². The number of nitrogens with one attached hydrogen (secondary N) is 1. The highest BCUT2D eigenvalue weighted by Crippen LogP contribution is 2.10. The molecule has 0 aliphatic rings.